The molecule has 0 saturated carbocycles. The van der Waals surface area contributed by atoms with Crippen LogP contribution in [0, 0.1) is 0 Å². The molecule has 0 spiro atoms. The predicted molar refractivity (Wildman–Crippen MR) is 80.2 cm³/mol. The van der Waals surface area contributed by atoms with Crippen molar-refractivity contribution < 1.29 is 14.3 Å². The van der Waals surface area contributed by atoms with Crippen LogP contribution in [-0.2, 0) is 9.47 Å². The standard InChI is InChI=1S/C14H19Cl2NO3/c1-3-4-8-11(20-14(17)18)13(19-2)12-9(15)6-5-7-10(12)16/h5-7,11,13H,3-4,8H2,1-2H3,(H2,17,18)/t11-,13+/m1/s1. The second kappa shape index (κ2) is 8.35. The summed E-state index contributed by atoms with van der Waals surface area (Å²) in [5.74, 6) is 0. The molecule has 1 aromatic rings. The first-order valence-corrected chi connectivity index (χ1v) is 7.19. The number of halogens is 2. The topological polar surface area (TPSA) is 61.5 Å². The number of hydrogen-bond acceptors (Lipinski definition) is 3. The van der Waals surface area contributed by atoms with Crippen LogP contribution in [0.2, 0.25) is 10.0 Å². The minimum atomic E-state index is -0.837. The molecule has 0 fully saturated rings. The van der Waals surface area contributed by atoms with Gasteiger partial charge in [0.05, 0.1) is 0 Å². The number of hydrogen-bond donors (Lipinski definition) is 1. The Kier molecular flexibility index (Phi) is 7.13. The minimum Gasteiger partial charge on any atom is -0.443 e. The summed E-state index contributed by atoms with van der Waals surface area (Å²) in [5, 5.41) is 0.942. The molecule has 112 valence electrons. The van der Waals surface area contributed by atoms with E-state index in [-0.39, 0.29) is 0 Å². The Morgan fingerprint density at radius 3 is 2.40 bits per heavy atom. The Bertz CT molecular complexity index is 434. The lowest BCUT2D eigenvalue weighted by molar-refractivity contribution is -0.0256. The molecule has 0 bridgehead atoms. The zero-order valence-corrected chi connectivity index (χ0v) is 13.1. The van der Waals surface area contributed by atoms with Crippen molar-refractivity contribution in [2.45, 2.75) is 38.4 Å². The van der Waals surface area contributed by atoms with E-state index < -0.39 is 18.3 Å². The van der Waals surface area contributed by atoms with Gasteiger partial charge in [-0.2, -0.15) is 0 Å². The average molecular weight is 320 g/mol. The van der Waals surface area contributed by atoms with E-state index in [2.05, 4.69) is 0 Å². The van der Waals surface area contributed by atoms with Crippen LogP contribution in [-0.4, -0.2) is 19.3 Å². The zero-order valence-electron chi connectivity index (χ0n) is 11.6. The molecule has 4 nitrogen and oxygen atoms in total. The van der Waals surface area contributed by atoms with Crippen molar-refractivity contribution in [2.24, 2.45) is 5.73 Å². The molecule has 0 unspecified atom stereocenters. The first kappa shape index (κ1) is 17.1. The molecule has 0 saturated heterocycles. The molecule has 6 heteroatoms. The fourth-order valence-electron chi connectivity index (χ4n) is 2.06. The summed E-state index contributed by atoms with van der Waals surface area (Å²) in [7, 11) is 1.52. The van der Waals surface area contributed by atoms with Crippen LogP contribution in [0.1, 0.15) is 37.9 Å². The van der Waals surface area contributed by atoms with Gasteiger partial charge in [-0.15, -0.1) is 0 Å². The molecule has 0 aromatic heterocycles. The normalized spacial score (nSPS) is 13.8. The van der Waals surface area contributed by atoms with E-state index in [9.17, 15) is 4.79 Å². The van der Waals surface area contributed by atoms with Gasteiger partial charge in [0.2, 0.25) is 0 Å². The van der Waals surface area contributed by atoms with Crippen molar-refractivity contribution in [1.82, 2.24) is 0 Å². The Hall–Kier alpha value is -0.970. The van der Waals surface area contributed by atoms with Crippen molar-refractivity contribution >= 4 is 29.3 Å². The summed E-state index contributed by atoms with van der Waals surface area (Å²) >= 11 is 12.4. The lowest BCUT2D eigenvalue weighted by Crippen LogP contribution is -2.30. The molecular formula is C14H19Cl2NO3. The van der Waals surface area contributed by atoms with Crippen molar-refractivity contribution in [2.75, 3.05) is 7.11 Å². The summed E-state index contributed by atoms with van der Waals surface area (Å²) in [6.45, 7) is 2.05. The van der Waals surface area contributed by atoms with Crippen molar-refractivity contribution in [3.8, 4) is 0 Å². The number of carbonyl (C=O) groups is 1. The first-order chi connectivity index (χ1) is 9.51. The highest BCUT2D eigenvalue weighted by atomic mass is 35.5. The Labute approximate surface area is 129 Å². The van der Waals surface area contributed by atoms with E-state index in [1.807, 2.05) is 6.92 Å². The molecular weight excluding hydrogens is 301 g/mol. The number of ether oxygens (including phenoxy) is 2. The van der Waals surface area contributed by atoms with E-state index in [1.165, 1.54) is 7.11 Å². The third kappa shape index (κ3) is 4.54. The van der Waals surface area contributed by atoms with Gasteiger partial charge in [-0.1, -0.05) is 42.6 Å². The second-order valence-corrected chi connectivity index (χ2v) is 5.22. The fourth-order valence-corrected chi connectivity index (χ4v) is 2.68. The quantitative estimate of drug-likeness (QED) is 0.813. The van der Waals surface area contributed by atoms with Gasteiger partial charge >= 0.3 is 6.09 Å². The van der Waals surface area contributed by atoms with E-state index in [0.717, 1.165) is 12.8 Å². The van der Waals surface area contributed by atoms with Gasteiger partial charge in [0.15, 0.2) is 0 Å². The van der Waals surface area contributed by atoms with Crippen LogP contribution in [0.3, 0.4) is 0 Å². The number of methoxy groups -OCH3 is 1. The highest BCUT2D eigenvalue weighted by Gasteiger charge is 2.29. The van der Waals surface area contributed by atoms with Gasteiger partial charge < -0.3 is 15.2 Å². The molecule has 0 aliphatic rings. The molecule has 1 aromatic carbocycles. The molecule has 2 N–H and O–H groups in total. The number of benzene rings is 1. The Morgan fingerprint density at radius 1 is 1.35 bits per heavy atom. The lowest BCUT2D eigenvalue weighted by Gasteiger charge is -2.27. The number of unbranched alkanes of at least 4 members (excludes halogenated alkanes) is 1. The van der Waals surface area contributed by atoms with Crippen molar-refractivity contribution in [1.29, 1.82) is 0 Å². The average Bonchev–Trinajstić information content (AvgIpc) is 2.39. The Balaban J connectivity index is 3.08. The highest BCUT2D eigenvalue weighted by molar-refractivity contribution is 6.36. The number of primary amides is 1. The molecule has 0 heterocycles. The lowest BCUT2D eigenvalue weighted by atomic mass is 9.99. The van der Waals surface area contributed by atoms with Gasteiger partial charge in [-0.25, -0.2) is 4.79 Å². The van der Waals surface area contributed by atoms with Crippen molar-refractivity contribution in [3.05, 3.63) is 33.8 Å². The first-order valence-electron chi connectivity index (χ1n) is 6.44. The summed E-state index contributed by atoms with van der Waals surface area (Å²) in [4.78, 5) is 11.1. The fraction of sp³-hybridized carbons (Fsp3) is 0.500. The van der Waals surface area contributed by atoms with Gasteiger partial charge in [0.1, 0.15) is 12.2 Å². The molecule has 1 rings (SSSR count). The van der Waals surface area contributed by atoms with Crippen LogP contribution in [0.25, 0.3) is 0 Å². The SMILES string of the molecule is CCCC[C@@H](OC(N)=O)[C@H](OC)c1c(Cl)cccc1Cl. The zero-order chi connectivity index (χ0) is 15.1. The number of rotatable bonds is 7. The van der Waals surface area contributed by atoms with Crippen LogP contribution >= 0.6 is 23.2 Å². The van der Waals surface area contributed by atoms with Gasteiger partial charge in [0, 0.05) is 22.7 Å². The van der Waals surface area contributed by atoms with E-state index >= 15 is 0 Å². The monoisotopic (exact) mass is 319 g/mol. The summed E-state index contributed by atoms with van der Waals surface area (Å²) in [6.07, 6.45) is 0.562. The maximum atomic E-state index is 11.1. The molecule has 0 aliphatic carbocycles. The third-order valence-corrected chi connectivity index (χ3v) is 3.64. The van der Waals surface area contributed by atoms with Gasteiger partial charge in [0.25, 0.3) is 0 Å². The number of carbonyl (C=O) groups excluding carboxylic acids is 1. The summed E-state index contributed by atoms with van der Waals surface area (Å²) in [6, 6.07) is 5.18. The number of amides is 1. The summed E-state index contributed by atoms with van der Waals surface area (Å²) < 4.78 is 10.6. The van der Waals surface area contributed by atoms with Crippen molar-refractivity contribution in [3.63, 3.8) is 0 Å². The third-order valence-electron chi connectivity index (χ3n) is 2.99. The molecule has 0 radical (unpaired) electrons. The highest BCUT2D eigenvalue weighted by Crippen LogP contribution is 2.36. The van der Waals surface area contributed by atoms with Crippen LogP contribution in [0.15, 0.2) is 18.2 Å². The molecule has 1 amide bonds. The van der Waals surface area contributed by atoms with E-state index in [4.69, 9.17) is 38.4 Å². The maximum Gasteiger partial charge on any atom is 0.404 e. The Morgan fingerprint density at radius 2 is 1.95 bits per heavy atom. The smallest absolute Gasteiger partial charge is 0.404 e. The van der Waals surface area contributed by atoms with Crippen LogP contribution in [0.4, 0.5) is 4.79 Å². The predicted octanol–water partition coefficient (Wildman–Crippen LogP) is 4.34. The minimum absolute atomic E-state index is 0.471. The van der Waals surface area contributed by atoms with Crippen LogP contribution < -0.4 is 5.73 Å². The van der Waals surface area contributed by atoms with E-state index in [0.29, 0.717) is 22.0 Å². The molecule has 0 aliphatic heterocycles. The molecule has 20 heavy (non-hydrogen) atoms. The van der Waals surface area contributed by atoms with Crippen LogP contribution in [0.5, 0.6) is 0 Å². The largest absolute Gasteiger partial charge is 0.443 e. The van der Waals surface area contributed by atoms with Gasteiger partial charge in [-0.3, -0.25) is 0 Å². The summed E-state index contributed by atoms with van der Waals surface area (Å²) in [5.41, 5.74) is 5.74. The van der Waals surface area contributed by atoms with E-state index in [1.54, 1.807) is 18.2 Å². The number of nitrogens with two attached hydrogens (primary N) is 1. The second-order valence-electron chi connectivity index (χ2n) is 4.41. The molecule has 2 atom stereocenters. The van der Waals surface area contributed by atoms with Gasteiger partial charge in [-0.05, 0) is 25.0 Å². The maximum absolute atomic E-state index is 11.1.